The Hall–Kier alpha value is -4.15. The van der Waals surface area contributed by atoms with Gasteiger partial charge in [0, 0.05) is 24.6 Å². The standard InChI is InChI=1S/C23H20F3N5O3/c24-23(25,26)18-9-16(27)3-6-19(18)34-17-4-1-14(2-5-17)10-30-21(33)22(7-8-22)31-20(32)15-11-28-13-29-12-15/h1-6,9,11-13H,7-8,10,27H2,(H,30,33)(H,31,32). The summed E-state index contributed by atoms with van der Waals surface area (Å²) in [6.07, 6.45) is 0.431. The second-order valence-corrected chi connectivity index (χ2v) is 7.85. The normalized spacial score (nSPS) is 14.2. The molecule has 3 aromatic rings. The van der Waals surface area contributed by atoms with Gasteiger partial charge < -0.3 is 21.1 Å². The van der Waals surface area contributed by atoms with E-state index in [1.165, 1.54) is 36.9 Å². The van der Waals surface area contributed by atoms with Crippen molar-refractivity contribution in [3.8, 4) is 11.5 Å². The highest BCUT2D eigenvalue weighted by molar-refractivity contribution is 6.00. The fourth-order valence-electron chi connectivity index (χ4n) is 3.25. The van der Waals surface area contributed by atoms with Gasteiger partial charge in [-0.05, 0) is 48.7 Å². The number of anilines is 1. The number of nitrogens with two attached hydrogens (primary N) is 1. The Balaban J connectivity index is 1.35. The first-order valence-electron chi connectivity index (χ1n) is 10.3. The van der Waals surface area contributed by atoms with E-state index in [-0.39, 0.29) is 35.2 Å². The number of carbonyl (C=O) groups excluding carboxylic acids is 2. The largest absolute Gasteiger partial charge is 0.457 e. The van der Waals surface area contributed by atoms with Gasteiger partial charge in [-0.1, -0.05) is 12.1 Å². The molecule has 11 heteroatoms. The summed E-state index contributed by atoms with van der Waals surface area (Å²) in [4.78, 5) is 32.5. The van der Waals surface area contributed by atoms with E-state index in [2.05, 4.69) is 20.6 Å². The molecule has 34 heavy (non-hydrogen) atoms. The quantitative estimate of drug-likeness (QED) is 0.454. The van der Waals surface area contributed by atoms with Gasteiger partial charge in [0.05, 0.1) is 5.56 Å². The molecule has 0 aliphatic heterocycles. The van der Waals surface area contributed by atoms with Gasteiger partial charge in [0.25, 0.3) is 5.91 Å². The van der Waals surface area contributed by atoms with Crippen molar-refractivity contribution in [1.82, 2.24) is 20.6 Å². The van der Waals surface area contributed by atoms with E-state index in [4.69, 9.17) is 10.5 Å². The van der Waals surface area contributed by atoms with Gasteiger partial charge in [-0.2, -0.15) is 13.2 Å². The lowest BCUT2D eigenvalue weighted by Crippen LogP contribution is -2.48. The van der Waals surface area contributed by atoms with E-state index < -0.39 is 23.2 Å². The van der Waals surface area contributed by atoms with Crippen molar-refractivity contribution >= 4 is 17.5 Å². The number of aromatic nitrogens is 2. The molecule has 1 aliphatic rings. The molecular weight excluding hydrogens is 451 g/mol. The molecule has 1 heterocycles. The third-order valence-electron chi connectivity index (χ3n) is 5.27. The van der Waals surface area contributed by atoms with Crippen LogP contribution in [-0.2, 0) is 17.5 Å². The van der Waals surface area contributed by atoms with E-state index in [1.54, 1.807) is 12.1 Å². The Morgan fingerprint density at radius 3 is 2.35 bits per heavy atom. The van der Waals surface area contributed by atoms with Gasteiger partial charge >= 0.3 is 6.18 Å². The predicted octanol–water partition coefficient (Wildman–Crippen LogP) is 3.45. The lowest BCUT2D eigenvalue weighted by molar-refractivity contribution is -0.138. The summed E-state index contributed by atoms with van der Waals surface area (Å²) in [7, 11) is 0. The number of nitrogens with zero attached hydrogens (tertiary/aromatic N) is 2. The summed E-state index contributed by atoms with van der Waals surface area (Å²) in [6, 6.07) is 9.56. The van der Waals surface area contributed by atoms with Gasteiger partial charge in [0.1, 0.15) is 28.9 Å². The molecule has 4 rings (SSSR count). The van der Waals surface area contributed by atoms with Crippen LogP contribution in [0.3, 0.4) is 0 Å². The van der Waals surface area contributed by atoms with Gasteiger partial charge in [0.2, 0.25) is 5.91 Å². The summed E-state index contributed by atoms with van der Waals surface area (Å²) < 4.78 is 45.1. The number of ether oxygens (including phenoxy) is 1. The Labute approximate surface area is 192 Å². The number of amides is 2. The Morgan fingerprint density at radius 1 is 1.06 bits per heavy atom. The van der Waals surface area contributed by atoms with Crippen molar-refractivity contribution in [1.29, 1.82) is 0 Å². The smallest absolute Gasteiger partial charge is 0.420 e. The Morgan fingerprint density at radius 2 is 1.74 bits per heavy atom. The first-order chi connectivity index (χ1) is 16.2. The second kappa shape index (κ2) is 9.00. The molecule has 0 radical (unpaired) electrons. The second-order valence-electron chi connectivity index (χ2n) is 7.85. The Kier molecular flexibility index (Phi) is 6.10. The molecule has 0 unspecified atom stereocenters. The molecule has 0 bridgehead atoms. The highest BCUT2D eigenvalue weighted by atomic mass is 19.4. The average Bonchev–Trinajstić information content (AvgIpc) is 3.60. The summed E-state index contributed by atoms with van der Waals surface area (Å²) in [6.45, 7) is 0.168. The van der Waals surface area contributed by atoms with Crippen LogP contribution in [0.25, 0.3) is 0 Å². The third kappa shape index (κ3) is 5.25. The van der Waals surface area contributed by atoms with Crippen molar-refractivity contribution < 1.29 is 27.5 Å². The van der Waals surface area contributed by atoms with Crippen molar-refractivity contribution in [2.75, 3.05) is 5.73 Å². The van der Waals surface area contributed by atoms with E-state index >= 15 is 0 Å². The number of hydrogen-bond acceptors (Lipinski definition) is 6. The van der Waals surface area contributed by atoms with E-state index in [1.807, 2.05) is 0 Å². The molecule has 176 valence electrons. The number of nitrogen functional groups attached to an aromatic ring is 1. The third-order valence-corrected chi connectivity index (χ3v) is 5.27. The maximum Gasteiger partial charge on any atom is 0.420 e. The van der Waals surface area contributed by atoms with Gasteiger partial charge in [-0.3, -0.25) is 9.59 Å². The fourth-order valence-corrected chi connectivity index (χ4v) is 3.25. The fraction of sp³-hybridized carbons (Fsp3) is 0.217. The molecule has 0 spiro atoms. The molecular formula is C23H20F3N5O3. The van der Waals surface area contributed by atoms with Crippen LogP contribution in [0.4, 0.5) is 18.9 Å². The van der Waals surface area contributed by atoms with Gasteiger partial charge in [0.15, 0.2) is 0 Å². The molecule has 1 aromatic heterocycles. The zero-order valence-electron chi connectivity index (χ0n) is 17.7. The van der Waals surface area contributed by atoms with Crippen LogP contribution >= 0.6 is 0 Å². The van der Waals surface area contributed by atoms with Crippen molar-refractivity contribution in [2.24, 2.45) is 0 Å². The van der Waals surface area contributed by atoms with Crippen LogP contribution in [0.15, 0.2) is 61.2 Å². The number of benzene rings is 2. The maximum absolute atomic E-state index is 13.2. The van der Waals surface area contributed by atoms with Crippen LogP contribution in [0.2, 0.25) is 0 Å². The SMILES string of the molecule is Nc1ccc(Oc2ccc(CNC(=O)C3(NC(=O)c4cncnc4)CC3)cc2)c(C(F)(F)F)c1. The molecule has 2 aromatic carbocycles. The number of halogens is 3. The summed E-state index contributed by atoms with van der Waals surface area (Å²) in [5.41, 5.74) is 4.46. The zero-order chi connectivity index (χ0) is 24.3. The van der Waals surface area contributed by atoms with E-state index in [0.29, 0.717) is 18.4 Å². The highest BCUT2D eigenvalue weighted by Crippen LogP contribution is 2.39. The van der Waals surface area contributed by atoms with Crippen LogP contribution in [0, 0.1) is 0 Å². The van der Waals surface area contributed by atoms with E-state index in [0.717, 1.165) is 12.1 Å². The topological polar surface area (TPSA) is 119 Å². The predicted molar refractivity (Wildman–Crippen MR) is 116 cm³/mol. The minimum absolute atomic E-state index is 0.0208. The summed E-state index contributed by atoms with van der Waals surface area (Å²) in [5.74, 6) is -0.926. The van der Waals surface area contributed by atoms with Crippen molar-refractivity contribution in [3.63, 3.8) is 0 Å². The number of rotatable bonds is 7. The van der Waals surface area contributed by atoms with Crippen molar-refractivity contribution in [3.05, 3.63) is 77.9 Å². The highest BCUT2D eigenvalue weighted by Gasteiger charge is 2.51. The van der Waals surface area contributed by atoms with Crippen LogP contribution in [-0.4, -0.2) is 27.3 Å². The number of carbonyl (C=O) groups is 2. The first-order valence-corrected chi connectivity index (χ1v) is 10.3. The number of nitrogens with one attached hydrogen (secondary N) is 2. The molecule has 0 saturated heterocycles. The van der Waals surface area contributed by atoms with Crippen LogP contribution in [0.5, 0.6) is 11.5 Å². The monoisotopic (exact) mass is 471 g/mol. The molecule has 1 saturated carbocycles. The van der Waals surface area contributed by atoms with Crippen LogP contribution in [0.1, 0.15) is 34.3 Å². The van der Waals surface area contributed by atoms with E-state index in [9.17, 15) is 22.8 Å². The lowest BCUT2D eigenvalue weighted by Gasteiger charge is -2.17. The maximum atomic E-state index is 13.2. The number of hydrogen-bond donors (Lipinski definition) is 3. The van der Waals surface area contributed by atoms with Crippen molar-refractivity contribution in [2.45, 2.75) is 31.1 Å². The van der Waals surface area contributed by atoms with Gasteiger partial charge in [-0.25, -0.2) is 9.97 Å². The molecule has 1 aliphatic carbocycles. The zero-order valence-corrected chi connectivity index (χ0v) is 17.7. The molecule has 4 N–H and O–H groups in total. The molecule has 2 amide bonds. The summed E-state index contributed by atoms with van der Waals surface area (Å²) >= 11 is 0. The van der Waals surface area contributed by atoms with Crippen LogP contribution < -0.4 is 21.1 Å². The molecule has 8 nitrogen and oxygen atoms in total. The lowest BCUT2D eigenvalue weighted by atomic mass is 10.1. The average molecular weight is 471 g/mol. The van der Waals surface area contributed by atoms with Gasteiger partial charge in [-0.15, -0.1) is 0 Å². The molecule has 1 fully saturated rings. The number of alkyl halides is 3. The molecule has 0 atom stereocenters. The minimum atomic E-state index is -4.61. The summed E-state index contributed by atoms with van der Waals surface area (Å²) in [5, 5.41) is 5.50. The Bertz CT molecular complexity index is 1200. The minimum Gasteiger partial charge on any atom is -0.457 e. The first kappa shape index (κ1) is 23.0.